The zero-order chi connectivity index (χ0) is 18.7. The second-order valence-corrected chi connectivity index (χ2v) is 6.41. The monoisotopic (exact) mass is 359 g/mol. The molecule has 0 unspecified atom stereocenters. The summed E-state index contributed by atoms with van der Waals surface area (Å²) >= 11 is 0. The Morgan fingerprint density at radius 1 is 1.38 bits per heavy atom. The van der Waals surface area contributed by atoms with Crippen LogP contribution < -0.4 is 5.32 Å². The van der Waals surface area contributed by atoms with Crippen molar-refractivity contribution >= 4 is 17.6 Å². The maximum Gasteiger partial charge on any atom is 0.271 e. The molecule has 138 valence electrons. The van der Waals surface area contributed by atoms with Gasteiger partial charge in [-0.1, -0.05) is 0 Å². The SMILES string of the molecule is CC(=O)c1c[nH]c(C(=O)N2CC[C@H](CNC(=O)c3cc(CO)[nH]n3)C2)c1. The van der Waals surface area contributed by atoms with Crippen molar-refractivity contribution in [3.63, 3.8) is 0 Å². The fourth-order valence-electron chi connectivity index (χ4n) is 2.96. The largest absolute Gasteiger partial charge is 0.390 e. The van der Waals surface area contributed by atoms with Crippen molar-refractivity contribution in [3.8, 4) is 0 Å². The van der Waals surface area contributed by atoms with E-state index in [0.717, 1.165) is 6.42 Å². The topological polar surface area (TPSA) is 131 Å². The van der Waals surface area contributed by atoms with E-state index in [1.165, 1.54) is 19.2 Å². The Kier molecular flexibility index (Phi) is 5.17. The number of likely N-dealkylation sites (tertiary alicyclic amines) is 1. The Bertz CT molecular complexity index is 825. The van der Waals surface area contributed by atoms with Gasteiger partial charge >= 0.3 is 0 Å². The van der Waals surface area contributed by atoms with Gasteiger partial charge in [-0.25, -0.2) is 0 Å². The lowest BCUT2D eigenvalue weighted by Gasteiger charge is -2.16. The fourth-order valence-corrected chi connectivity index (χ4v) is 2.96. The zero-order valence-electron chi connectivity index (χ0n) is 14.4. The predicted molar refractivity (Wildman–Crippen MR) is 91.7 cm³/mol. The maximum absolute atomic E-state index is 12.5. The molecule has 9 heteroatoms. The van der Waals surface area contributed by atoms with Crippen LogP contribution in [-0.4, -0.2) is 62.4 Å². The number of hydrogen-bond acceptors (Lipinski definition) is 5. The highest BCUT2D eigenvalue weighted by atomic mass is 16.3. The van der Waals surface area contributed by atoms with Gasteiger partial charge < -0.3 is 20.3 Å². The fraction of sp³-hybridized carbons (Fsp3) is 0.412. The van der Waals surface area contributed by atoms with Gasteiger partial charge in [-0.2, -0.15) is 5.10 Å². The first kappa shape index (κ1) is 17.9. The van der Waals surface area contributed by atoms with Crippen molar-refractivity contribution in [2.75, 3.05) is 19.6 Å². The minimum Gasteiger partial charge on any atom is -0.390 e. The summed E-state index contributed by atoms with van der Waals surface area (Å²) in [6.07, 6.45) is 2.32. The second kappa shape index (κ2) is 7.52. The van der Waals surface area contributed by atoms with Crippen LogP contribution in [0.5, 0.6) is 0 Å². The van der Waals surface area contributed by atoms with Crippen LogP contribution in [0.3, 0.4) is 0 Å². The van der Waals surface area contributed by atoms with Crippen molar-refractivity contribution < 1.29 is 19.5 Å². The molecule has 0 spiro atoms. The summed E-state index contributed by atoms with van der Waals surface area (Å²) in [6.45, 7) is 2.83. The highest BCUT2D eigenvalue weighted by Gasteiger charge is 2.28. The number of nitrogens with one attached hydrogen (secondary N) is 3. The van der Waals surface area contributed by atoms with Crippen molar-refractivity contribution in [2.24, 2.45) is 5.92 Å². The highest BCUT2D eigenvalue weighted by molar-refractivity contribution is 5.99. The van der Waals surface area contributed by atoms with E-state index >= 15 is 0 Å². The van der Waals surface area contributed by atoms with E-state index in [2.05, 4.69) is 20.5 Å². The normalized spacial score (nSPS) is 16.7. The summed E-state index contributed by atoms with van der Waals surface area (Å²) in [7, 11) is 0. The summed E-state index contributed by atoms with van der Waals surface area (Å²) in [4.78, 5) is 40.4. The molecule has 2 aromatic rings. The Balaban J connectivity index is 1.50. The van der Waals surface area contributed by atoms with Gasteiger partial charge in [0, 0.05) is 31.4 Å². The molecule has 26 heavy (non-hydrogen) atoms. The lowest BCUT2D eigenvalue weighted by Crippen LogP contribution is -2.33. The summed E-state index contributed by atoms with van der Waals surface area (Å²) in [5.41, 5.74) is 1.58. The molecule has 0 radical (unpaired) electrons. The molecule has 1 saturated heterocycles. The summed E-state index contributed by atoms with van der Waals surface area (Å²) in [6, 6.07) is 3.06. The van der Waals surface area contributed by atoms with Crippen LogP contribution in [0, 0.1) is 5.92 Å². The molecular formula is C17H21N5O4. The molecule has 9 nitrogen and oxygen atoms in total. The number of aliphatic hydroxyl groups is 1. The lowest BCUT2D eigenvalue weighted by atomic mass is 10.1. The van der Waals surface area contributed by atoms with Gasteiger partial charge in [-0.05, 0) is 31.4 Å². The number of nitrogens with zero attached hydrogens (tertiary/aromatic N) is 2. The number of aromatic nitrogens is 3. The number of aromatic amines is 2. The first-order valence-corrected chi connectivity index (χ1v) is 8.40. The Labute approximate surface area is 149 Å². The molecule has 0 aliphatic carbocycles. The van der Waals surface area contributed by atoms with E-state index in [1.807, 2.05) is 0 Å². The van der Waals surface area contributed by atoms with Crippen LogP contribution in [0.15, 0.2) is 18.3 Å². The van der Waals surface area contributed by atoms with Gasteiger partial charge in [-0.3, -0.25) is 19.5 Å². The molecule has 0 aromatic carbocycles. The predicted octanol–water partition coefficient (Wildman–Crippen LogP) is 0.325. The van der Waals surface area contributed by atoms with Crippen LogP contribution in [-0.2, 0) is 6.61 Å². The lowest BCUT2D eigenvalue weighted by molar-refractivity contribution is 0.0782. The molecular weight excluding hydrogens is 338 g/mol. The Morgan fingerprint density at radius 3 is 2.85 bits per heavy atom. The first-order valence-electron chi connectivity index (χ1n) is 8.40. The Hall–Kier alpha value is -2.94. The average Bonchev–Trinajstić information content (AvgIpc) is 3.39. The van der Waals surface area contributed by atoms with Crippen LogP contribution >= 0.6 is 0 Å². The third-order valence-electron chi connectivity index (χ3n) is 4.48. The van der Waals surface area contributed by atoms with Crippen molar-refractivity contribution in [1.29, 1.82) is 0 Å². The van der Waals surface area contributed by atoms with E-state index in [0.29, 0.717) is 36.6 Å². The quantitative estimate of drug-likeness (QED) is 0.552. The number of carbonyl (C=O) groups is 3. The van der Waals surface area contributed by atoms with E-state index in [1.54, 1.807) is 11.0 Å². The standard InChI is InChI=1S/C17H21N5O4/c1-10(24)12-4-15(18-7-12)17(26)22-3-2-11(8-22)6-19-16(25)14-5-13(9-23)20-21-14/h4-5,7,11,18,23H,2-3,6,8-9H2,1H3,(H,19,25)(H,20,21)/t11-/m1/s1. The highest BCUT2D eigenvalue weighted by Crippen LogP contribution is 2.18. The first-order chi connectivity index (χ1) is 12.5. The molecule has 2 amide bonds. The maximum atomic E-state index is 12.5. The molecule has 1 aliphatic heterocycles. The van der Waals surface area contributed by atoms with Gasteiger partial charge in [0.1, 0.15) is 11.4 Å². The number of ketones is 1. The van der Waals surface area contributed by atoms with Crippen LogP contribution in [0.2, 0.25) is 0 Å². The Morgan fingerprint density at radius 2 is 2.19 bits per heavy atom. The van der Waals surface area contributed by atoms with Crippen LogP contribution in [0.4, 0.5) is 0 Å². The number of hydrogen-bond donors (Lipinski definition) is 4. The average molecular weight is 359 g/mol. The molecule has 3 rings (SSSR count). The molecule has 1 aliphatic rings. The number of carbonyl (C=O) groups excluding carboxylic acids is 3. The number of aliphatic hydroxyl groups excluding tert-OH is 1. The van der Waals surface area contributed by atoms with Crippen molar-refractivity contribution in [3.05, 3.63) is 41.0 Å². The molecule has 2 aromatic heterocycles. The van der Waals surface area contributed by atoms with E-state index in [-0.39, 0.29) is 35.8 Å². The van der Waals surface area contributed by atoms with Gasteiger partial charge in [0.15, 0.2) is 5.78 Å². The smallest absolute Gasteiger partial charge is 0.271 e. The number of amides is 2. The second-order valence-electron chi connectivity index (χ2n) is 6.41. The number of rotatable bonds is 6. The number of Topliss-reactive ketones (excluding diaryl/α,β-unsaturated/α-hetero) is 1. The van der Waals surface area contributed by atoms with Crippen molar-refractivity contribution in [1.82, 2.24) is 25.4 Å². The summed E-state index contributed by atoms with van der Waals surface area (Å²) in [5.74, 6) is -0.404. The summed E-state index contributed by atoms with van der Waals surface area (Å²) < 4.78 is 0. The van der Waals surface area contributed by atoms with Gasteiger partial charge in [0.25, 0.3) is 11.8 Å². The van der Waals surface area contributed by atoms with Gasteiger partial charge in [0.2, 0.25) is 0 Å². The minimum absolute atomic E-state index is 0.0926. The van der Waals surface area contributed by atoms with Crippen LogP contribution in [0.25, 0.3) is 0 Å². The van der Waals surface area contributed by atoms with Gasteiger partial charge in [-0.15, -0.1) is 0 Å². The van der Waals surface area contributed by atoms with E-state index < -0.39 is 0 Å². The minimum atomic E-state index is -0.318. The molecule has 0 bridgehead atoms. The third kappa shape index (κ3) is 3.83. The van der Waals surface area contributed by atoms with E-state index in [9.17, 15) is 14.4 Å². The molecule has 4 N–H and O–H groups in total. The van der Waals surface area contributed by atoms with E-state index in [4.69, 9.17) is 5.11 Å². The van der Waals surface area contributed by atoms with Crippen molar-refractivity contribution in [2.45, 2.75) is 20.0 Å². The number of H-pyrrole nitrogens is 2. The van der Waals surface area contributed by atoms with Crippen LogP contribution in [0.1, 0.15) is 50.4 Å². The molecule has 3 heterocycles. The molecule has 1 fully saturated rings. The van der Waals surface area contributed by atoms with Gasteiger partial charge in [0.05, 0.1) is 12.3 Å². The molecule has 1 atom stereocenters. The molecule has 0 saturated carbocycles. The third-order valence-corrected chi connectivity index (χ3v) is 4.48. The summed E-state index contributed by atoms with van der Waals surface area (Å²) in [5, 5.41) is 18.2. The zero-order valence-corrected chi connectivity index (χ0v) is 14.4.